The molecular weight excluding hydrogens is 228 g/mol. The lowest BCUT2D eigenvalue weighted by atomic mass is 9.96. The van der Waals surface area contributed by atoms with Crippen molar-refractivity contribution >= 4 is 17.8 Å². The van der Waals surface area contributed by atoms with Crippen molar-refractivity contribution in [3.05, 3.63) is 42.0 Å². The highest BCUT2D eigenvalue weighted by atomic mass is 16.5. The van der Waals surface area contributed by atoms with Gasteiger partial charge >= 0.3 is 5.97 Å². The number of benzene rings is 1. The Hall–Kier alpha value is -1.90. The molecule has 0 N–H and O–H groups in total. The van der Waals surface area contributed by atoms with Crippen LogP contribution in [0.4, 0.5) is 0 Å². The number of ether oxygens (including phenoxy) is 1. The summed E-state index contributed by atoms with van der Waals surface area (Å²) in [7, 11) is 0. The van der Waals surface area contributed by atoms with Crippen LogP contribution >= 0.6 is 0 Å². The average Bonchev–Trinajstić information content (AvgIpc) is 2.40. The van der Waals surface area contributed by atoms with Crippen molar-refractivity contribution in [3.63, 3.8) is 0 Å². The summed E-state index contributed by atoms with van der Waals surface area (Å²) in [6.07, 6.45) is 5.44. The lowest BCUT2D eigenvalue weighted by Gasteiger charge is -2.20. The zero-order chi connectivity index (χ0) is 12.8. The summed E-state index contributed by atoms with van der Waals surface area (Å²) < 4.78 is 5.28. The van der Waals surface area contributed by atoms with Crippen molar-refractivity contribution < 1.29 is 14.3 Å². The van der Waals surface area contributed by atoms with Crippen LogP contribution in [0.25, 0.3) is 6.08 Å². The van der Waals surface area contributed by atoms with Crippen molar-refractivity contribution in [1.82, 2.24) is 0 Å². The maximum atomic E-state index is 11.6. The van der Waals surface area contributed by atoms with Gasteiger partial charge < -0.3 is 4.74 Å². The molecule has 3 nitrogen and oxygen atoms in total. The van der Waals surface area contributed by atoms with Gasteiger partial charge in [0.05, 0.1) is 0 Å². The van der Waals surface area contributed by atoms with Gasteiger partial charge in [0.1, 0.15) is 11.9 Å². The topological polar surface area (TPSA) is 43.4 Å². The van der Waals surface area contributed by atoms with E-state index in [0.717, 1.165) is 5.56 Å². The number of hydrogen-bond donors (Lipinski definition) is 0. The number of Topliss-reactive ketones (excluding diaryl/α,β-unsaturated/α-hetero) is 1. The second kappa shape index (κ2) is 6.15. The van der Waals surface area contributed by atoms with Gasteiger partial charge in [-0.25, -0.2) is 4.79 Å². The fourth-order valence-corrected chi connectivity index (χ4v) is 1.96. The molecule has 0 heterocycles. The van der Waals surface area contributed by atoms with Crippen LogP contribution < -0.4 is 0 Å². The van der Waals surface area contributed by atoms with Gasteiger partial charge in [-0.15, -0.1) is 0 Å². The largest absolute Gasteiger partial charge is 0.459 e. The van der Waals surface area contributed by atoms with E-state index in [0.29, 0.717) is 25.7 Å². The van der Waals surface area contributed by atoms with Crippen molar-refractivity contribution in [2.75, 3.05) is 0 Å². The Morgan fingerprint density at radius 1 is 1.17 bits per heavy atom. The summed E-state index contributed by atoms with van der Waals surface area (Å²) >= 11 is 0. The van der Waals surface area contributed by atoms with Gasteiger partial charge in [0.15, 0.2) is 0 Å². The molecule has 3 heteroatoms. The summed E-state index contributed by atoms with van der Waals surface area (Å²) in [5.74, 6) is -0.0691. The van der Waals surface area contributed by atoms with Crippen LogP contribution in [0.2, 0.25) is 0 Å². The van der Waals surface area contributed by atoms with E-state index in [4.69, 9.17) is 4.74 Å². The van der Waals surface area contributed by atoms with Crippen LogP contribution in [-0.4, -0.2) is 17.9 Å². The Balaban J connectivity index is 1.82. The van der Waals surface area contributed by atoms with Crippen LogP contribution in [0.5, 0.6) is 0 Å². The lowest BCUT2D eigenvalue weighted by Crippen LogP contribution is -2.23. The Bertz CT molecular complexity index is 438. The molecule has 1 aliphatic rings. The first-order chi connectivity index (χ1) is 8.74. The molecule has 0 amide bonds. The van der Waals surface area contributed by atoms with Crippen LogP contribution in [0.3, 0.4) is 0 Å². The van der Waals surface area contributed by atoms with Crippen LogP contribution in [0.1, 0.15) is 31.2 Å². The number of carbonyl (C=O) groups excluding carboxylic acids is 2. The second-order valence-electron chi connectivity index (χ2n) is 4.42. The standard InChI is InChI=1S/C15H16O3/c16-13-7-9-14(10-8-13)18-15(17)11-6-12-4-2-1-3-5-12/h1-6,11,14H,7-10H2. The van der Waals surface area contributed by atoms with Crippen molar-refractivity contribution in [2.24, 2.45) is 0 Å². The molecular formula is C15H16O3. The minimum absolute atomic E-state index is 0.101. The van der Waals surface area contributed by atoms with Crippen molar-refractivity contribution in [3.8, 4) is 0 Å². The Labute approximate surface area is 106 Å². The normalized spacial score (nSPS) is 17.0. The Kier molecular flexibility index (Phi) is 4.29. The van der Waals surface area contributed by atoms with E-state index in [1.807, 2.05) is 30.3 Å². The first-order valence-electron chi connectivity index (χ1n) is 6.19. The Morgan fingerprint density at radius 2 is 1.83 bits per heavy atom. The molecule has 0 aromatic heterocycles. The molecule has 0 spiro atoms. The highest BCUT2D eigenvalue weighted by Crippen LogP contribution is 2.18. The smallest absolute Gasteiger partial charge is 0.331 e. The van der Waals surface area contributed by atoms with Crippen molar-refractivity contribution in [1.29, 1.82) is 0 Å². The summed E-state index contributed by atoms with van der Waals surface area (Å²) in [6, 6.07) is 9.59. The van der Waals surface area contributed by atoms with Crippen LogP contribution in [0.15, 0.2) is 36.4 Å². The molecule has 1 aromatic rings. The lowest BCUT2D eigenvalue weighted by molar-refractivity contribution is -0.146. The molecule has 1 aromatic carbocycles. The van der Waals surface area contributed by atoms with Gasteiger partial charge in [-0.2, -0.15) is 0 Å². The molecule has 1 fully saturated rings. The summed E-state index contributed by atoms with van der Waals surface area (Å²) in [5, 5.41) is 0. The average molecular weight is 244 g/mol. The van der Waals surface area contributed by atoms with Crippen LogP contribution in [0, 0.1) is 0 Å². The van der Waals surface area contributed by atoms with E-state index < -0.39 is 0 Å². The molecule has 0 unspecified atom stereocenters. The zero-order valence-corrected chi connectivity index (χ0v) is 10.2. The van der Waals surface area contributed by atoms with Crippen LogP contribution in [-0.2, 0) is 14.3 Å². The number of ketones is 1. The van der Waals surface area contributed by atoms with Gasteiger partial charge in [-0.05, 0) is 24.5 Å². The first kappa shape index (κ1) is 12.6. The quantitative estimate of drug-likeness (QED) is 0.606. The second-order valence-corrected chi connectivity index (χ2v) is 4.42. The fourth-order valence-electron chi connectivity index (χ4n) is 1.96. The number of rotatable bonds is 3. The van der Waals surface area contributed by atoms with E-state index >= 15 is 0 Å². The summed E-state index contributed by atoms with van der Waals surface area (Å²) in [6.45, 7) is 0. The molecule has 94 valence electrons. The van der Waals surface area contributed by atoms with E-state index in [2.05, 4.69) is 0 Å². The monoisotopic (exact) mass is 244 g/mol. The number of carbonyl (C=O) groups is 2. The predicted octanol–water partition coefficient (Wildman–Crippen LogP) is 2.75. The van der Waals surface area contributed by atoms with Gasteiger partial charge in [0.2, 0.25) is 0 Å². The van der Waals surface area contributed by atoms with Gasteiger partial charge in [-0.3, -0.25) is 4.79 Å². The van der Waals surface area contributed by atoms with E-state index in [1.54, 1.807) is 6.08 Å². The van der Waals surface area contributed by atoms with Gasteiger partial charge in [0, 0.05) is 18.9 Å². The molecule has 1 saturated carbocycles. The third-order valence-corrected chi connectivity index (χ3v) is 2.98. The van der Waals surface area contributed by atoms with Gasteiger partial charge in [-0.1, -0.05) is 30.3 Å². The first-order valence-corrected chi connectivity index (χ1v) is 6.19. The van der Waals surface area contributed by atoms with Crippen molar-refractivity contribution in [2.45, 2.75) is 31.8 Å². The molecule has 18 heavy (non-hydrogen) atoms. The maximum Gasteiger partial charge on any atom is 0.331 e. The SMILES string of the molecule is O=C1CCC(OC(=O)C=Cc2ccccc2)CC1. The molecule has 0 radical (unpaired) electrons. The number of hydrogen-bond acceptors (Lipinski definition) is 3. The molecule has 0 bridgehead atoms. The highest BCUT2D eigenvalue weighted by Gasteiger charge is 2.20. The fraction of sp³-hybridized carbons (Fsp3) is 0.333. The van der Waals surface area contributed by atoms with E-state index in [9.17, 15) is 9.59 Å². The third-order valence-electron chi connectivity index (χ3n) is 2.98. The molecule has 0 aliphatic heterocycles. The van der Waals surface area contributed by atoms with E-state index in [-0.39, 0.29) is 17.9 Å². The third kappa shape index (κ3) is 3.84. The Morgan fingerprint density at radius 3 is 2.50 bits per heavy atom. The summed E-state index contributed by atoms with van der Waals surface area (Å²) in [4.78, 5) is 22.6. The highest BCUT2D eigenvalue weighted by molar-refractivity contribution is 5.87. The molecule has 1 aliphatic carbocycles. The maximum absolute atomic E-state index is 11.6. The minimum atomic E-state index is -0.335. The van der Waals surface area contributed by atoms with E-state index in [1.165, 1.54) is 6.08 Å². The molecule has 0 saturated heterocycles. The van der Waals surface area contributed by atoms with Gasteiger partial charge in [0.25, 0.3) is 0 Å². The molecule has 2 rings (SSSR count). The predicted molar refractivity (Wildman–Crippen MR) is 68.8 cm³/mol. The number of esters is 1. The zero-order valence-electron chi connectivity index (χ0n) is 10.2. The summed E-state index contributed by atoms with van der Waals surface area (Å²) in [5.41, 5.74) is 0.966. The molecule has 0 atom stereocenters. The minimum Gasteiger partial charge on any atom is -0.459 e.